The number of methoxy groups -OCH3 is 1. The fraction of sp³-hybridized carbons (Fsp3) is 0.333. The van der Waals surface area contributed by atoms with Crippen molar-refractivity contribution in [3.05, 3.63) is 71.3 Å². The number of ether oxygens (including phenoxy) is 2. The summed E-state index contributed by atoms with van der Waals surface area (Å²) < 4.78 is 10.8. The Morgan fingerprint density at radius 2 is 1.83 bits per heavy atom. The maximum atomic E-state index is 12.9. The van der Waals surface area contributed by atoms with Gasteiger partial charge in [0.05, 0.1) is 18.2 Å². The highest BCUT2D eigenvalue weighted by atomic mass is 16.5. The minimum atomic E-state index is -0.688. The molecule has 1 atom stereocenters. The summed E-state index contributed by atoms with van der Waals surface area (Å²) in [6, 6.07) is 15.5. The number of hydrogen-bond acceptors (Lipinski definition) is 5. The van der Waals surface area contributed by atoms with E-state index in [1.54, 1.807) is 31.4 Å². The van der Waals surface area contributed by atoms with Crippen molar-refractivity contribution >= 4 is 17.4 Å². The van der Waals surface area contributed by atoms with Gasteiger partial charge in [0, 0.05) is 25.8 Å². The third-order valence-electron chi connectivity index (χ3n) is 4.98. The highest BCUT2D eigenvalue weighted by Gasteiger charge is 2.45. The van der Waals surface area contributed by atoms with Gasteiger partial charge in [-0.1, -0.05) is 49.4 Å². The van der Waals surface area contributed by atoms with Gasteiger partial charge >= 0.3 is 0 Å². The van der Waals surface area contributed by atoms with E-state index < -0.39 is 17.7 Å². The van der Waals surface area contributed by atoms with Crippen molar-refractivity contribution in [3.8, 4) is 5.75 Å². The molecule has 1 saturated heterocycles. The lowest BCUT2D eigenvalue weighted by Crippen LogP contribution is -2.31. The second kappa shape index (κ2) is 10.1. The van der Waals surface area contributed by atoms with Gasteiger partial charge in [0.2, 0.25) is 0 Å². The summed E-state index contributed by atoms with van der Waals surface area (Å²) in [6.45, 7) is 3.40. The van der Waals surface area contributed by atoms with Crippen LogP contribution >= 0.6 is 0 Å². The van der Waals surface area contributed by atoms with Gasteiger partial charge in [-0.05, 0) is 30.5 Å². The standard InChI is InChI=1S/C24H27NO5/c1-3-14-30-19-12-7-11-18(16-19)21-20(22(26)17-9-5-4-6-10-17)23(27)24(28)25(21)13-8-15-29-2/h4-7,9-12,16,21,26H,3,8,13-15H2,1-2H3. The molecule has 1 heterocycles. The molecular formula is C24H27NO5. The van der Waals surface area contributed by atoms with Crippen molar-refractivity contribution in [1.82, 2.24) is 4.90 Å². The molecule has 1 N–H and O–H groups in total. The predicted molar refractivity (Wildman–Crippen MR) is 114 cm³/mol. The molecule has 1 aliphatic heterocycles. The van der Waals surface area contributed by atoms with Gasteiger partial charge < -0.3 is 19.5 Å². The zero-order valence-electron chi connectivity index (χ0n) is 17.3. The maximum Gasteiger partial charge on any atom is 0.295 e. The van der Waals surface area contributed by atoms with Crippen LogP contribution in [0.5, 0.6) is 5.75 Å². The fourth-order valence-electron chi connectivity index (χ4n) is 3.58. The number of carbonyl (C=O) groups excluding carboxylic acids is 2. The van der Waals surface area contributed by atoms with Gasteiger partial charge in [0.1, 0.15) is 11.5 Å². The molecule has 2 aromatic rings. The molecule has 3 rings (SSSR count). The predicted octanol–water partition coefficient (Wildman–Crippen LogP) is 3.93. The molecule has 0 spiro atoms. The Balaban J connectivity index is 2.08. The van der Waals surface area contributed by atoms with E-state index in [4.69, 9.17) is 9.47 Å². The van der Waals surface area contributed by atoms with E-state index in [1.165, 1.54) is 4.90 Å². The first-order valence-corrected chi connectivity index (χ1v) is 10.1. The molecule has 1 amide bonds. The average Bonchev–Trinajstić information content (AvgIpc) is 3.03. The zero-order valence-corrected chi connectivity index (χ0v) is 17.3. The highest BCUT2D eigenvalue weighted by molar-refractivity contribution is 6.46. The van der Waals surface area contributed by atoms with Crippen molar-refractivity contribution in [3.63, 3.8) is 0 Å². The van der Waals surface area contributed by atoms with Crippen LogP contribution in [0.3, 0.4) is 0 Å². The monoisotopic (exact) mass is 409 g/mol. The Morgan fingerprint density at radius 3 is 2.53 bits per heavy atom. The van der Waals surface area contributed by atoms with Gasteiger partial charge in [-0.25, -0.2) is 0 Å². The zero-order chi connectivity index (χ0) is 21.5. The number of likely N-dealkylation sites (tertiary alicyclic amines) is 1. The first-order chi connectivity index (χ1) is 14.6. The van der Waals surface area contributed by atoms with E-state index >= 15 is 0 Å². The van der Waals surface area contributed by atoms with Crippen molar-refractivity contribution in [1.29, 1.82) is 0 Å². The molecular weight excluding hydrogens is 382 g/mol. The summed E-state index contributed by atoms with van der Waals surface area (Å²) in [5, 5.41) is 11.0. The third-order valence-corrected chi connectivity index (χ3v) is 4.98. The molecule has 0 aromatic heterocycles. The molecule has 6 nitrogen and oxygen atoms in total. The molecule has 0 saturated carbocycles. The van der Waals surface area contributed by atoms with E-state index in [0.29, 0.717) is 37.5 Å². The van der Waals surface area contributed by atoms with Crippen LogP contribution in [0.1, 0.15) is 36.9 Å². The van der Waals surface area contributed by atoms with Crippen LogP contribution in [0.15, 0.2) is 60.2 Å². The summed E-state index contributed by atoms with van der Waals surface area (Å²) in [4.78, 5) is 27.3. The molecule has 0 radical (unpaired) electrons. The van der Waals surface area contributed by atoms with Gasteiger partial charge in [0.25, 0.3) is 11.7 Å². The number of hydrogen-bond donors (Lipinski definition) is 1. The van der Waals surface area contributed by atoms with E-state index in [-0.39, 0.29) is 11.3 Å². The quantitative estimate of drug-likeness (QED) is 0.294. The van der Waals surface area contributed by atoms with Crippen LogP contribution in [0, 0.1) is 0 Å². The van der Waals surface area contributed by atoms with E-state index in [1.807, 2.05) is 37.3 Å². The first kappa shape index (κ1) is 21.6. The summed E-state index contributed by atoms with van der Waals surface area (Å²) in [6.07, 6.45) is 1.45. The summed E-state index contributed by atoms with van der Waals surface area (Å²) in [5.74, 6) is -0.809. The number of nitrogens with zero attached hydrogens (tertiary/aromatic N) is 1. The number of aliphatic hydroxyl groups excluding tert-OH is 1. The number of rotatable bonds is 9. The number of Topliss-reactive ketones (excluding diaryl/α,β-unsaturated/α-hetero) is 1. The van der Waals surface area contributed by atoms with Crippen LogP contribution in [0.2, 0.25) is 0 Å². The summed E-state index contributed by atoms with van der Waals surface area (Å²) in [7, 11) is 1.59. The molecule has 6 heteroatoms. The summed E-state index contributed by atoms with van der Waals surface area (Å²) in [5.41, 5.74) is 1.31. The van der Waals surface area contributed by atoms with E-state index in [2.05, 4.69) is 0 Å². The van der Waals surface area contributed by atoms with Gasteiger partial charge in [-0.3, -0.25) is 9.59 Å². The minimum absolute atomic E-state index is 0.0938. The Bertz CT molecular complexity index is 922. The number of amides is 1. The normalized spacial score (nSPS) is 18.1. The SMILES string of the molecule is CCCOc1cccc(C2C(=C(O)c3ccccc3)C(=O)C(=O)N2CCCOC)c1. The van der Waals surface area contributed by atoms with Crippen molar-refractivity contribution in [2.24, 2.45) is 0 Å². The summed E-state index contributed by atoms with van der Waals surface area (Å²) >= 11 is 0. The number of ketones is 1. The number of benzene rings is 2. The Morgan fingerprint density at radius 1 is 1.07 bits per heavy atom. The van der Waals surface area contributed by atoms with Gasteiger partial charge in [-0.2, -0.15) is 0 Å². The first-order valence-electron chi connectivity index (χ1n) is 10.1. The molecule has 0 aliphatic carbocycles. The lowest BCUT2D eigenvalue weighted by molar-refractivity contribution is -0.140. The molecule has 1 fully saturated rings. The molecule has 30 heavy (non-hydrogen) atoms. The number of aliphatic hydroxyl groups is 1. The maximum absolute atomic E-state index is 12.9. The molecule has 158 valence electrons. The molecule has 0 bridgehead atoms. The van der Waals surface area contributed by atoms with Gasteiger partial charge in [-0.15, -0.1) is 0 Å². The van der Waals surface area contributed by atoms with Crippen molar-refractivity contribution < 1.29 is 24.2 Å². The third kappa shape index (κ3) is 4.54. The Labute approximate surface area is 176 Å². The van der Waals surface area contributed by atoms with Crippen LogP contribution in [-0.4, -0.2) is 48.6 Å². The lowest BCUT2D eigenvalue weighted by atomic mass is 9.95. The second-order valence-corrected chi connectivity index (χ2v) is 7.13. The van der Waals surface area contributed by atoms with Crippen molar-refractivity contribution in [2.75, 3.05) is 26.9 Å². The van der Waals surface area contributed by atoms with Crippen molar-refractivity contribution in [2.45, 2.75) is 25.8 Å². The second-order valence-electron chi connectivity index (χ2n) is 7.13. The lowest BCUT2D eigenvalue weighted by Gasteiger charge is -2.25. The topological polar surface area (TPSA) is 76.1 Å². The van der Waals surface area contributed by atoms with E-state index in [9.17, 15) is 14.7 Å². The number of carbonyl (C=O) groups is 2. The smallest absolute Gasteiger partial charge is 0.295 e. The molecule has 2 aromatic carbocycles. The van der Waals surface area contributed by atoms with Crippen LogP contribution in [-0.2, 0) is 14.3 Å². The van der Waals surface area contributed by atoms with E-state index in [0.717, 1.165) is 12.0 Å². The van der Waals surface area contributed by atoms with Crippen LogP contribution < -0.4 is 4.74 Å². The average molecular weight is 409 g/mol. The van der Waals surface area contributed by atoms with Crippen LogP contribution in [0.4, 0.5) is 0 Å². The molecule has 1 aliphatic rings. The van der Waals surface area contributed by atoms with Crippen LogP contribution in [0.25, 0.3) is 5.76 Å². The fourth-order valence-corrected chi connectivity index (χ4v) is 3.58. The highest BCUT2D eigenvalue weighted by Crippen LogP contribution is 2.40. The largest absolute Gasteiger partial charge is 0.507 e. The Kier molecular flexibility index (Phi) is 7.25. The van der Waals surface area contributed by atoms with Gasteiger partial charge in [0.15, 0.2) is 0 Å². The minimum Gasteiger partial charge on any atom is -0.507 e. The Hall–Kier alpha value is -3.12. The molecule has 1 unspecified atom stereocenters.